The molecule has 1 rings (SSSR count). The highest BCUT2D eigenvalue weighted by Gasteiger charge is 2.01. The molecule has 0 aromatic heterocycles. The largest absolute Gasteiger partial charge is 0.384 e. The predicted octanol–water partition coefficient (Wildman–Crippen LogP) is 3.70. The van der Waals surface area contributed by atoms with E-state index in [0.717, 1.165) is 29.5 Å². The summed E-state index contributed by atoms with van der Waals surface area (Å²) in [5.41, 5.74) is 1.56. The smallest absolute Gasteiger partial charge is 0.101 e. The predicted molar refractivity (Wildman–Crippen MR) is 66.8 cm³/mol. The lowest BCUT2D eigenvalue weighted by Gasteiger charge is -2.07. The Hall–Kier alpha value is -1.27. The molecule has 0 aliphatic heterocycles. The molecule has 0 unspecified atom stereocenters. The summed E-state index contributed by atoms with van der Waals surface area (Å²) in [6.45, 7) is 4.53. The van der Waals surface area contributed by atoms with Crippen LogP contribution in [0.1, 0.15) is 18.4 Å². The molecule has 0 spiro atoms. The molecule has 78 valence electrons. The summed E-state index contributed by atoms with van der Waals surface area (Å²) in [6, 6.07) is 7.82. The highest BCUT2D eigenvalue weighted by Crippen LogP contribution is 2.20. The number of hydrogen-bond acceptors (Lipinski definition) is 2. The first-order valence-corrected chi connectivity index (χ1v) is 5.61. The van der Waals surface area contributed by atoms with Crippen LogP contribution in [0.5, 0.6) is 0 Å². The van der Waals surface area contributed by atoms with E-state index < -0.39 is 0 Å². The van der Waals surface area contributed by atoms with Crippen molar-refractivity contribution in [2.24, 2.45) is 0 Å². The van der Waals surface area contributed by atoms with Crippen LogP contribution in [0.2, 0.25) is 0 Å². The number of halogens is 1. The van der Waals surface area contributed by atoms with E-state index in [1.165, 1.54) is 0 Å². The SMILES string of the molecule is C=CCCCNc1ccc(Br)cc1C#N. The number of unbranched alkanes of at least 4 members (excludes halogenated alkanes) is 1. The Labute approximate surface area is 98.7 Å². The molecule has 1 aromatic rings. The van der Waals surface area contributed by atoms with Gasteiger partial charge in [-0.2, -0.15) is 5.26 Å². The zero-order valence-corrected chi connectivity index (χ0v) is 10.0. The Morgan fingerprint density at radius 1 is 1.53 bits per heavy atom. The van der Waals surface area contributed by atoms with Crippen molar-refractivity contribution >= 4 is 21.6 Å². The zero-order chi connectivity index (χ0) is 11.1. The summed E-state index contributed by atoms with van der Waals surface area (Å²) >= 11 is 3.34. The van der Waals surface area contributed by atoms with Gasteiger partial charge in [0.25, 0.3) is 0 Å². The van der Waals surface area contributed by atoms with Gasteiger partial charge in [0.05, 0.1) is 11.3 Å². The van der Waals surface area contributed by atoms with Gasteiger partial charge in [0.2, 0.25) is 0 Å². The van der Waals surface area contributed by atoms with Gasteiger partial charge in [-0.05, 0) is 31.0 Å². The Kier molecular flexibility index (Phi) is 4.92. The maximum Gasteiger partial charge on any atom is 0.101 e. The first-order chi connectivity index (χ1) is 7.27. The Balaban J connectivity index is 2.61. The fourth-order valence-electron chi connectivity index (χ4n) is 1.23. The monoisotopic (exact) mass is 264 g/mol. The lowest BCUT2D eigenvalue weighted by molar-refractivity contribution is 0.890. The van der Waals surface area contributed by atoms with Crippen LogP contribution in [0.4, 0.5) is 5.69 Å². The van der Waals surface area contributed by atoms with Gasteiger partial charge in [-0.25, -0.2) is 0 Å². The van der Waals surface area contributed by atoms with Crippen LogP contribution in [-0.2, 0) is 0 Å². The van der Waals surface area contributed by atoms with Crippen LogP contribution in [0.3, 0.4) is 0 Å². The second-order valence-corrected chi connectivity index (χ2v) is 4.08. The number of nitrogens with one attached hydrogen (secondary N) is 1. The van der Waals surface area contributed by atoms with Gasteiger partial charge < -0.3 is 5.32 Å². The summed E-state index contributed by atoms with van der Waals surface area (Å²) in [7, 11) is 0. The van der Waals surface area contributed by atoms with Gasteiger partial charge in [-0.1, -0.05) is 22.0 Å². The van der Waals surface area contributed by atoms with Crippen molar-refractivity contribution in [2.75, 3.05) is 11.9 Å². The lowest BCUT2D eigenvalue weighted by atomic mass is 10.2. The molecular weight excluding hydrogens is 252 g/mol. The van der Waals surface area contributed by atoms with Crippen LogP contribution < -0.4 is 5.32 Å². The molecule has 0 amide bonds. The average Bonchev–Trinajstić information content (AvgIpc) is 2.26. The quantitative estimate of drug-likeness (QED) is 0.650. The third-order valence-corrected chi connectivity index (χ3v) is 2.50. The Morgan fingerprint density at radius 2 is 2.33 bits per heavy atom. The number of benzene rings is 1. The standard InChI is InChI=1S/C12H13BrN2/c1-2-3-4-7-15-12-6-5-11(13)8-10(12)9-14/h2,5-6,8,15H,1,3-4,7H2. The number of hydrogen-bond donors (Lipinski definition) is 1. The Morgan fingerprint density at radius 3 is 3.00 bits per heavy atom. The second kappa shape index (κ2) is 6.26. The molecule has 1 aromatic carbocycles. The molecule has 0 heterocycles. The topological polar surface area (TPSA) is 35.8 Å². The molecule has 0 saturated carbocycles. The number of allylic oxidation sites excluding steroid dienone is 1. The summed E-state index contributed by atoms with van der Waals surface area (Å²) in [6.07, 6.45) is 3.92. The van der Waals surface area contributed by atoms with Crippen molar-refractivity contribution in [2.45, 2.75) is 12.8 Å². The van der Waals surface area contributed by atoms with Crippen LogP contribution in [-0.4, -0.2) is 6.54 Å². The van der Waals surface area contributed by atoms with Crippen molar-refractivity contribution in [1.29, 1.82) is 5.26 Å². The van der Waals surface area contributed by atoms with Gasteiger partial charge in [-0.15, -0.1) is 6.58 Å². The molecule has 15 heavy (non-hydrogen) atoms. The Bertz CT molecular complexity index is 380. The van der Waals surface area contributed by atoms with Crippen LogP contribution >= 0.6 is 15.9 Å². The first-order valence-electron chi connectivity index (χ1n) is 4.82. The van der Waals surface area contributed by atoms with Crippen molar-refractivity contribution in [1.82, 2.24) is 0 Å². The van der Waals surface area contributed by atoms with E-state index >= 15 is 0 Å². The van der Waals surface area contributed by atoms with E-state index in [-0.39, 0.29) is 0 Å². The van der Waals surface area contributed by atoms with Gasteiger partial charge in [0, 0.05) is 11.0 Å². The van der Waals surface area contributed by atoms with Gasteiger partial charge in [0.15, 0.2) is 0 Å². The number of nitriles is 1. The van der Waals surface area contributed by atoms with Crippen molar-refractivity contribution in [3.8, 4) is 6.07 Å². The molecule has 1 N–H and O–H groups in total. The molecule has 0 aliphatic rings. The van der Waals surface area contributed by atoms with Crippen LogP contribution in [0.15, 0.2) is 35.3 Å². The third kappa shape index (κ3) is 3.77. The molecular formula is C12H13BrN2. The summed E-state index contributed by atoms with van der Waals surface area (Å²) < 4.78 is 0.927. The fraction of sp³-hybridized carbons (Fsp3) is 0.250. The highest BCUT2D eigenvalue weighted by atomic mass is 79.9. The maximum absolute atomic E-state index is 8.92. The van der Waals surface area contributed by atoms with E-state index in [0.29, 0.717) is 5.56 Å². The summed E-state index contributed by atoms with van der Waals surface area (Å²) in [4.78, 5) is 0. The molecule has 0 bridgehead atoms. The van der Waals surface area contributed by atoms with Gasteiger partial charge in [0.1, 0.15) is 6.07 Å². The van der Waals surface area contributed by atoms with Crippen LogP contribution in [0, 0.1) is 11.3 Å². The normalized spacial score (nSPS) is 9.33. The minimum Gasteiger partial charge on any atom is -0.384 e. The minimum absolute atomic E-state index is 0.669. The second-order valence-electron chi connectivity index (χ2n) is 3.16. The van der Waals surface area contributed by atoms with E-state index in [9.17, 15) is 0 Å². The van der Waals surface area contributed by atoms with Gasteiger partial charge in [-0.3, -0.25) is 0 Å². The molecule has 0 aliphatic carbocycles. The summed E-state index contributed by atoms with van der Waals surface area (Å²) in [5, 5.41) is 12.2. The highest BCUT2D eigenvalue weighted by molar-refractivity contribution is 9.10. The number of nitrogens with zero attached hydrogens (tertiary/aromatic N) is 1. The first kappa shape index (κ1) is 11.8. The van der Waals surface area contributed by atoms with Crippen molar-refractivity contribution in [3.63, 3.8) is 0 Å². The fourth-order valence-corrected chi connectivity index (χ4v) is 1.59. The molecule has 2 nitrogen and oxygen atoms in total. The molecule has 3 heteroatoms. The minimum atomic E-state index is 0.669. The molecule has 0 saturated heterocycles. The van der Waals surface area contributed by atoms with E-state index in [4.69, 9.17) is 5.26 Å². The van der Waals surface area contributed by atoms with E-state index in [2.05, 4.69) is 33.9 Å². The molecule has 0 atom stereocenters. The average molecular weight is 265 g/mol. The maximum atomic E-state index is 8.92. The summed E-state index contributed by atoms with van der Waals surface area (Å²) in [5.74, 6) is 0. The van der Waals surface area contributed by atoms with Crippen molar-refractivity contribution in [3.05, 3.63) is 40.9 Å². The zero-order valence-electron chi connectivity index (χ0n) is 8.46. The lowest BCUT2D eigenvalue weighted by Crippen LogP contribution is -2.02. The number of rotatable bonds is 5. The van der Waals surface area contributed by atoms with Gasteiger partial charge >= 0.3 is 0 Å². The molecule has 0 radical (unpaired) electrons. The third-order valence-electron chi connectivity index (χ3n) is 2.00. The number of anilines is 1. The van der Waals surface area contributed by atoms with E-state index in [1.54, 1.807) is 0 Å². The van der Waals surface area contributed by atoms with Crippen molar-refractivity contribution < 1.29 is 0 Å². The van der Waals surface area contributed by atoms with E-state index in [1.807, 2.05) is 24.3 Å². The molecule has 0 fully saturated rings. The van der Waals surface area contributed by atoms with Crippen LogP contribution in [0.25, 0.3) is 0 Å².